The molecule has 162 valence electrons. The quantitative estimate of drug-likeness (QED) is 0.479. The molecule has 0 N–H and O–H groups in total. The lowest BCUT2D eigenvalue weighted by molar-refractivity contribution is 0.0991. The van der Waals surface area contributed by atoms with Gasteiger partial charge < -0.3 is 0 Å². The first kappa shape index (κ1) is 23.1. The number of pyridine rings is 1. The van der Waals surface area contributed by atoms with Crippen LogP contribution < -0.4 is 4.31 Å². The van der Waals surface area contributed by atoms with Gasteiger partial charge in [0.1, 0.15) is 5.82 Å². The molecule has 1 unspecified atom stereocenters. The number of carbonyl (C=O) groups is 1. The van der Waals surface area contributed by atoms with Crippen molar-refractivity contribution in [2.75, 3.05) is 17.6 Å². The van der Waals surface area contributed by atoms with Crippen molar-refractivity contribution >= 4 is 43.9 Å². The van der Waals surface area contributed by atoms with E-state index in [0.717, 1.165) is 16.4 Å². The Labute approximate surface area is 187 Å². The van der Waals surface area contributed by atoms with Gasteiger partial charge in [0, 0.05) is 52.2 Å². The SMILES string of the molecule is CN(c1ccc(S(C)=O)cc1)S(=O)(=O)c1cc(C(=O)Cc2ccc(Cl)cc2F)ccn1. The van der Waals surface area contributed by atoms with Crippen LogP contribution in [0, 0.1) is 5.82 Å². The Morgan fingerprint density at radius 3 is 2.42 bits per heavy atom. The lowest BCUT2D eigenvalue weighted by Gasteiger charge is -2.19. The van der Waals surface area contributed by atoms with Crippen molar-refractivity contribution in [3.63, 3.8) is 0 Å². The van der Waals surface area contributed by atoms with E-state index < -0.39 is 32.4 Å². The zero-order chi connectivity index (χ0) is 22.8. The van der Waals surface area contributed by atoms with Crippen LogP contribution in [0.5, 0.6) is 0 Å². The monoisotopic (exact) mass is 480 g/mol. The molecule has 0 saturated heterocycles. The van der Waals surface area contributed by atoms with Crippen molar-refractivity contribution in [2.24, 2.45) is 0 Å². The summed E-state index contributed by atoms with van der Waals surface area (Å²) in [6.07, 6.45) is 2.49. The normalized spacial score (nSPS) is 12.4. The third kappa shape index (κ3) is 5.17. The molecule has 3 rings (SSSR count). The number of rotatable bonds is 7. The summed E-state index contributed by atoms with van der Waals surface area (Å²) in [7, 11) is -3.90. The molecule has 0 fully saturated rings. The summed E-state index contributed by atoms with van der Waals surface area (Å²) in [5, 5.41) is -0.104. The number of nitrogens with zero attached hydrogens (tertiary/aromatic N) is 2. The molecular formula is C21H18ClFN2O4S2. The summed E-state index contributed by atoms with van der Waals surface area (Å²) in [6, 6.07) is 12.8. The number of sulfonamides is 1. The zero-order valence-corrected chi connectivity index (χ0v) is 19.0. The van der Waals surface area contributed by atoms with Crippen molar-refractivity contribution in [2.45, 2.75) is 16.3 Å². The first-order chi connectivity index (χ1) is 14.6. The van der Waals surface area contributed by atoms with Crippen LogP contribution in [0.15, 0.2) is 70.7 Å². The van der Waals surface area contributed by atoms with Gasteiger partial charge in [-0.15, -0.1) is 0 Å². The number of halogens is 2. The van der Waals surface area contributed by atoms with Crippen molar-refractivity contribution in [3.05, 3.63) is 82.8 Å². The van der Waals surface area contributed by atoms with E-state index >= 15 is 0 Å². The largest absolute Gasteiger partial charge is 0.294 e. The highest BCUT2D eigenvalue weighted by atomic mass is 35.5. The van der Waals surface area contributed by atoms with E-state index in [1.165, 1.54) is 49.8 Å². The molecule has 2 aromatic carbocycles. The van der Waals surface area contributed by atoms with Crippen LogP contribution in [0.3, 0.4) is 0 Å². The van der Waals surface area contributed by atoms with Crippen LogP contribution in [0.1, 0.15) is 15.9 Å². The Morgan fingerprint density at radius 1 is 1.13 bits per heavy atom. The van der Waals surface area contributed by atoms with E-state index in [2.05, 4.69) is 4.98 Å². The van der Waals surface area contributed by atoms with Gasteiger partial charge >= 0.3 is 0 Å². The summed E-state index contributed by atoms with van der Waals surface area (Å²) in [5.74, 6) is -1.07. The molecule has 31 heavy (non-hydrogen) atoms. The van der Waals surface area contributed by atoms with Crippen LogP contribution >= 0.6 is 11.6 Å². The molecule has 0 radical (unpaired) electrons. The molecule has 0 aliphatic carbocycles. The number of benzene rings is 2. The molecule has 1 atom stereocenters. The van der Waals surface area contributed by atoms with E-state index in [9.17, 15) is 21.8 Å². The maximum Gasteiger partial charge on any atom is 0.281 e. The second kappa shape index (κ2) is 9.25. The van der Waals surface area contributed by atoms with Gasteiger partial charge in [-0.25, -0.2) is 9.37 Å². The first-order valence-corrected chi connectivity index (χ1v) is 12.3. The molecule has 3 aromatic rings. The smallest absolute Gasteiger partial charge is 0.281 e. The van der Waals surface area contributed by atoms with E-state index in [4.69, 9.17) is 11.6 Å². The Bertz CT molecular complexity index is 1260. The van der Waals surface area contributed by atoms with Crippen molar-refractivity contribution in [3.8, 4) is 0 Å². The standard InChI is InChI=1S/C21H18ClFN2O4S2/c1-25(17-5-7-18(8-6-17)30(2)27)31(28,29)21-12-15(9-10-24-21)20(26)11-14-3-4-16(22)13-19(14)23/h3-10,12-13H,11H2,1-2H3. The van der Waals surface area contributed by atoms with Gasteiger partial charge in [-0.05, 0) is 54.1 Å². The third-order valence-corrected chi connectivity index (χ3v) is 7.43. The number of hydrogen-bond acceptors (Lipinski definition) is 5. The number of aromatic nitrogens is 1. The minimum atomic E-state index is -4.07. The minimum Gasteiger partial charge on any atom is -0.294 e. The number of ketones is 1. The summed E-state index contributed by atoms with van der Waals surface area (Å²) < 4.78 is 52.5. The fourth-order valence-electron chi connectivity index (χ4n) is 2.79. The second-order valence-corrected chi connectivity index (χ2v) is 10.4. The number of carbonyl (C=O) groups excluding carboxylic acids is 1. The van der Waals surface area contributed by atoms with Crippen LogP contribution in [0.4, 0.5) is 10.1 Å². The molecule has 10 heteroatoms. The molecule has 0 aliphatic heterocycles. The van der Waals surface area contributed by atoms with E-state index in [1.54, 1.807) is 12.1 Å². The van der Waals surface area contributed by atoms with Crippen LogP contribution in [-0.2, 0) is 27.2 Å². The van der Waals surface area contributed by atoms with Crippen molar-refractivity contribution in [1.29, 1.82) is 0 Å². The minimum absolute atomic E-state index is 0.0908. The molecule has 0 spiro atoms. The molecule has 6 nitrogen and oxygen atoms in total. The van der Waals surface area contributed by atoms with Gasteiger partial charge in [-0.1, -0.05) is 17.7 Å². The maximum atomic E-state index is 14.0. The van der Waals surface area contributed by atoms with Gasteiger partial charge in [0.15, 0.2) is 10.8 Å². The topological polar surface area (TPSA) is 84.4 Å². The molecule has 1 heterocycles. The highest BCUT2D eigenvalue weighted by molar-refractivity contribution is 7.92. The number of anilines is 1. The highest BCUT2D eigenvalue weighted by Crippen LogP contribution is 2.23. The summed E-state index contributed by atoms with van der Waals surface area (Å²) in [6.45, 7) is 0. The molecule has 1 aromatic heterocycles. The van der Waals surface area contributed by atoms with Crippen LogP contribution in [-0.4, -0.2) is 36.7 Å². The van der Waals surface area contributed by atoms with Gasteiger partial charge in [-0.2, -0.15) is 8.42 Å². The van der Waals surface area contributed by atoms with E-state index in [-0.39, 0.29) is 27.6 Å². The van der Waals surface area contributed by atoms with Crippen molar-refractivity contribution in [1.82, 2.24) is 4.98 Å². The van der Waals surface area contributed by atoms with Gasteiger partial charge in [0.2, 0.25) is 0 Å². The lowest BCUT2D eigenvalue weighted by atomic mass is 10.0. The maximum absolute atomic E-state index is 14.0. The van der Waals surface area contributed by atoms with Crippen LogP contribution in [0.25, 0.3) is 0 Å². The molecular weight excluding hydrogens is 463 g/mol. The average molecular weight is 481 g/mol. The fourth-order valence-corrected chi connectivity index (χ4v) is 4.62. The Morgan fingerprint density at radius 2 is 1.81 bits per heavy atom. The number of Topliss-reactive ketones (excluding diaryl/α,β-unsaturated/α-hetero) is 1. The van der Waals surface area contributed by atoms with Crippen molar-refractivity contribution < 1.29 is 21.8 Å². The Kier molecular flexibility index (Phi) is 6.88. The summed E-state index contributed by atoms with van der Waals surface area (Å²) in [4.78, 5) is 17.1. The second-order valence-electron chi connectivity index (χ2n) is 6.64. The van der Waals surface area contributed by atoms with E-state index in [0.29, 0.717) is 10.6 Å². The predicted octanol–water partition coefficient (Wildman–Crippen LogP) is 3.86. The Hall–Kier alpha value is -2.62. The van der Waals surface area contributed by atoms with E-state index in [1.807, 2.05) is 0 Å². The number of hydrogen-bond donors (Lipinski definition) is 0. The average Bonchev–Trinajstić information content (AvgIpc) is 2.75. The summed E-state index contributed by atoms with van der Waals surface area (Å²) in [5.41, 5.74) is 0.588. The molecule has 0 amide bonds. The lowest BCUT2D eigenvalue weighted by Crippen LogP contribution is -2.27. The van der Waals surface area contributed by atoms with Gasteiger partial charge in [-0.3, -0.25) is 13.3 Å². The Balaban J connectivity index is 1.86. The molecule has 0 bridgehead atoms. The van der Waals surface area contributed by atoms with Gasteiger partial charge in [0.25, 0.3) is 10.0 Å². The zero-order valence-electron chi connectivity index (χ0n) is 16.6. The highest BCUT2D eigenvalue weighted by Gasteiger charge is 2.24. The van der Waals surface area contributed by atoms with Gasteiger partial charge in [0.05, 0.1) is 5.69 Å². The fraction of sp³-hybridized carbons (Fsp3) is 0.143. The third-order valence-electron chi connectivity index (χ3n) is 4.58. The molecule has 0 aliphatic rings. The van der Waals surface area contributed by atoms with Crippen LogP contribution in [0.2, 0.25) is 5.02 Å². The molecule has 0 saturated carbocycles. The first-order valence-electron chi connectivity index (χ1n) is 8.95. The predicted molar refractivity (Wildman–Crippen MR) is 118 cm³/mol. The summed E-state index contributed by atoms with van der Waals surface area (Å²) >= 11 is 5.73.